The number of Topliss-reactive ketones (excluding diaryl/α,β-unsaturated/α-hetero) is 1. The molecule has 184 valence electrons. The topological polar surface area (TPSA) is 79.3 Å². The van der Waals surface area contributed by atoms with Crippen molar-refractivity contribution in [3.05, 3.63) is 88.2 Å². The van der Waals surface area contributed by atoms with E-state index in [1.165, 1.54) is 24.1 Å². The molecule has 9 heteroatoms. The van der Waals surface area contributed by atoms with Crippen molar-refractivity contribution in [2.45, 2.75) is 6.04 Å². The maximum Gasteiger partial charge on any atom is 0.300 e. The number of halogens is 2. The van der Waals surface area contributed by atoms with E-state index in [2.05, 4.69) is 0 Å². The Morgan fingerprint density at radius 3 is 2.69 bits per heavy atom. The Bertz CT molecular complexity index is 1420. The van der Waals surface area contributed by atoms with E-state index in [0.717, 1.165) is 11.8 Å². The summed E-state index contributed by atoms with van der Waals surface area (Å²) in [5.41, 5.74) is 1.74. The van der Waals surface area contributed by atoms with Crippen LogP contribution in [0.2, 0.25) is 5.02 Å². The molecule has 1 unspecified atom stereocenters. The van der Waals surface area contributed by atoms with Crippen molar-refractivity contribution in [3.63, 3.8) is 0 Å². The fourth-order valence-electron chi connectivity index (χ4n) is 4.51. The van der Waals surface area contributed by atoms with Crippen LogP contribution in [0.4, 0.5) is 15.8 Å². The van der Waals surface area contributed by atoms with E-state index in [4.69, 9.17) is 21.1 Å². The molecule has 1 amide bonds. The molecule has 0 aliphatic carbocycles. The van der Waals surface area contributed by atoms with Gasteiger partial charge in [-0.25, -0.2) is 4.39 Å². The summed E-state index contributed by atoms with van der Waals surface area (Å²) in [6.45, 7) is 1.20. The fraction of sp³-hybridized carbons (Fsp3) is 0.185. The molecule has 0 aromatic heterocycles. The van der Waals surface area contributed by atoms with E-state index in [9.17, 15) is 19.1 Å². The molecule has 7 nitrogen and oxygen atoms in total. The van der Waals surface area contributed by atoms with Gasteiger partial charge in [0, 0.05) is 18.3 Å². The van der Waals surface area contributed by atoms with Gasteiger partial charge in [0.25, 0.3) is 11.7 Å². The first-order chi connectivity index (χ1) is 17.3. The first-order valence-corrected chi connectivity index (χ1v) is 11.6. The molecule has 1 saturated heterocycles. The Morgan fingerprint density at radius 1 is 1.14 bits per heavy atom. The van der Waals surface area contributed by atoms with Crippen LogP contribution >= 0.6 is 11.6 Å². The fourth-order valence-corrected chi connectivity index (χ4v) is 4.69. The number of aliphatic hydroxyl groups is 1. The van der Waals surface area contributed by atoms with Crippen LogP contribution in [0.1, 0.15) is 17.2 Å². The lowest BCUT2D eigenvalue weighted by Crippen LogP contribution is -2.29. The summed E-state index contributed by atoms with van der Waals surface area (Å²) >= 11 is 6.00. The van der Waals surface area contributed by atoms with Crippen molar-refractivity contribution in [3.8, 4) is 11.5 Å². The minimum Gasteiger partial charge on any atom is -0.507 e. The highest BCUT2D eigenvalue weighted by Gasteiger charge is 2.47. The largest absolute Gasteiger partial charge is 0.507 e. The third-order valence-corrected chi connectivity index (χ3v) is 6.65. The number of hydrogen-bond donors (Lipinski definition) is 1. The number of hydrogen-bond acceptors (Lipinski definition) is 6. The van der Waals surface area contributed by atoms with Crippen LogP contribution in [0.3, 0.4) is 0 Å². The van der Waals surface area contributed by atoms with Gasteiger partial charge in [-0.1, -0.05) is 23.7 Å². The molecule has 0 saturated carbocycles. The first-order valence-electron chi connectivity index (χ1n) is 11.2. The maximum atomic E-state index is 13.9. The number of aliphatic hydroxyl groups excluding tert-OH is 1. The predicted octanol–water partition coefficient (Wildman–Crippen LogP) is 4.94. The molecule has 2 heterocycles. The minimum atomic E-state index is -1.01. The van der Waals surface area contributed by atoms with Gasteiger partial charge >= 0.3 is 0 Å². The van der Waals surface area contributed by atoms with Crippen molar-refractivity contribution in [2.24, 2.45) is 0 Å². The average Bonchev–Trinajstić information content (AvgIpc) is 3.15. The summed E-state index contributed by atoms with van der Waals surface area (Å²) in [6, 6.07) is 14.7. The van der Waals surface area contributed by atoms with Crippen LogP contribution in [-0.2, 0) is 9.59 Å². The highest BCUT2D eigenvalue weighted by Crippen LogP contribution is 2.44. The molecule has 1 N–H and O–H groups in total. The van der Waals surface area contributed by atoms with Gasteiger partial charge in [-0.05, 0) is 54.1 Å². The SMILES string of the molecule is COc1cccc(C2/C(=C(/O)c3ccc4c(c3)N(C)CCO4)C(=O)C(=O)N2c2ccc(F)c(Cl)c2)c1. The third-order valence-electron chi connectivity index (χ3n) is 6.36. The zero-order valence-corrected chi connectivity index (χ0v) is 20.3. The molecule has 0 bridgehead atoms. The van der Waals surface area contributed by atoms with Gasteiger partial charge in [-0.15, -0.1) is 0 Å². The van der Waals surface area contributed by atoms with Gasteiger partial charge in [-0.2, -0.15) is 0 Å². The van der Waals surface area contributed by atoms with E-state index < -0.39 is 23.5 Å². The van der Waals surface area contributed by atoms with E-state index in [0.29, 0.717) is 35.8 Å². The van der Waals surface area contributed by atoms with Crippen molar-refractivity contribution in [1.82, 2.24) is 0 Å². The van der Waals surface area contributed by atoms with Crippen molar-refractivity contribution >= 4 is 40.4 Å². The van der Waals surface area contributed by atoms with Crippen LogP contribution in [0.25, 0.3) is 5.76 Å². The normalized spacial score (nSPS) is 18.7. The molecule has 1 atom stereocenters. The van der Waals surface area contributed by atoms with E-state index in [-0.39, 0.29) is 22.0 Å². The number of carbonyl (C=O) groups excluding carboxylic acids is 2. The summed E-state index contributed by atoms with van der Waals surface area (Å²) < 4.78 is 24.9. The molecule has 5 rings (SSSR count). The van der Waals surface area contributed by atoms with Crippen LogP contribution in [0.5, 0.6) is 11.5 Å². The lowest BCUT2D eigenvalue weighted by molar-refractivity contribution is -0.132. The van der Waals surface area contributed by atoms with Crippen LogP contribution < -0.4 is 19.3 Å². The number of rotatable bonds is 4. The molecule has 1 fully saturated rings. The predicted molar refractivity (Wildman–Crippen MR) is 134 cm³/mol. The molecular formula is C27H22ClFN2O5. The summed E-state index contributed by atoms with van der Waals surface area (Å²) in [5, 5.41) is 11.2. The van der Waals surface area contributed by atoms with Gasteiger partial charge in [0.05, 0.1) is 36.0 Å². The molecule has 2 aliphatic rings. The van der Waals surface area contributed by atoms with Gasteiger partial charge in [0.15, 0.2) is 0 Å². The highest BCUT2D eigenvalue weighted by molar-refractivity contribution is 6.51. The minimum absolute atomic E-state index is 0.104. The Morgan fingerprint density at radius 2 is 1.94 bits per heavy atom. The zero-order chi connectivity index (χ0) is 25.6. The van der Waals surface area contributed by atoms with Gasteiger partial charge in [-0.3, -0.25) is 14.5 Å². The second kappa shape index (κ2) is 9.20. The average molecular weight is 509 g/mol. The quantitative estimate of drug-likeness (QED) is 0.305. The lowest BCUT2D eigenvalue weighted by Gasteiger charge is -2.28. The summed E-state index contributed by atoms with van der Waals surface area (Å²) in [6.07, 6.45) is 0. The Labute approximate surface area is 211 Å². The number of carbonyl (C=O) groups is 2. The Hall–Kier alpha value is -4.04. The van der Waals surface area contributed by atoms with Crippen LogP contribution in [0.15, 0.2) is 66.2 Å². The molecule has 3 aromatic rings. The number of methoxy groups -OCH3 is 1. The summed E-state index contributed by atoms with van der Waals surface area (Å²) in [7, 11) is 3.40. The van der Waals surface area contributed by atoms with Crippen molar-refractivity contribution in [2.75, 3.05) is 37.1 Å². The number of ether oxygens (including phenoxy) is 2. The number of anilines is 2. The molecular weight excluding hydrogens is 487 g/mol. The third kappa shape index (κ3) is 3.93. The monoisotopic (exact) mass is 508 g/mol. The second-order valence-corrected chi connectivity index (χ2v) is 8.90. The van der Waals surface area contributed by atoms with Gasteiger partial charge in [0.1, 0.15) is 29.7 Å². The van der Waals surface area contributed by atoms with E-state index in [1.54, 1.807) is 42.5 Å². The summed E-state index contributed by atoms with van der Waals surface area (Å²) in [5.74, 6) is -1.57. The number of likely N-dealkylation sites (N-methyl/N-ethyl adjacent to an activating group) is 1. The molecule has 0 radical (unpaired) electrons. The van der Waals surface area contributed by atoms with Gasteiger partial charge in [0.2, 0.25) is 0 Å². The maximum absolute atomic E-state index is 13.9. The van der Waals surface area contributed by atoms with E-state index in [1.807, 2.05) is 11.9 Å². The van der Waals surface area contributed by atoms with Crippen LogP contribution in [0, 0.1) is 5.82 Å². The molecule has 36 heavy (non-hydrogen) atoms. The smallest absolute Gasteiger partial charge is 0.300 e. The molecule has 2 aliphatic heterocycles. The Balaban J connectivity index is 1.71. The number of benzene rings is 3. The number of nitrogens with zero attached hydrogens (tertiary/aromatic N) is 2. The van der Waals surface area contributed by atoms with E-state index >= 15 is 0 Å². The molecule has 0 spiro atoms. The standard InChI is InChI=1S/C27H22ClFN2O5/c1-30-10-11-36-22-9-6-16(13-21(22)30)25(32)23-24(15-4-3-5-18(12-15)35-2)31(27(34)26(23)33)17-7-8-20(29)19(28)14-17/h3-9,12-14,24,32H,10-11H2,1-2H3/b25-23-. The first kappa shape index (κ1) is 23.7. The number of fused-ring (bicyclic) bond motifs is 1. The zero-order valence-electron chi connectivity index (χ0n) is 19.5. The van der Waals surface area contributed by atoms with Crippen molar-refractivity contribution in [1.29, 1.82) is 0 Å². The van der Waals surface area contributed by atoms with Crippen LogP contribution in [-0.4, -0.2) is 44.1 Å². The molecule has 3 aromatic carbocycles. The van der Waals surface area contributed by atoms with Gasteiger partial charge < -0.3 is 19.5 Å². The highest BCUT2D eigenvalue weighted by atomic mass is 35.5. The number of amides is 1. The second-order valence-electron chi connectivity index (χ2n) is 8.50. The van der Waals surface area contributed by atoms with Crippen molar-refractivity contribution < 1.29 is 28.6 Å². The number of ketones is 1. The summed E-state index contributed by atoms with van der Waals surface area (Å²) in [4.78, 5) is 29.9. The Kier molecular flexibility index (Phi) is 6.05. The lowest BCUT2D eigenvalue weighted by atomic mass is 9.94.